The van der Waals surface area contributed by atoms with E-state index in [4.69, 9.17) is 11.5 Å². The highest BCUT2D eigenvalue weighted by Crippen LogP contribution is 2.33. The molecule has 0 atom stereocenters. The highest BCUT2D eigenvalue weighted by atomic mass is 15.0. The van der Waals surface area contributed by atoms with Gasteiger partial charge in [0.2, 0.25) is 0 Å². The Morgan fingerprint density at radius 2 is 1.00 bits per heavy atom. The summed E-state index contributed by atoms with van der Waals surface area (Å²) in [5.41, 5.74) is 12.3. The van der Waals surface area contributed by atoms with E-state index in [1.807, 2.05) is 0 Å². The summed E-state index contributed by atoms with van der Waals surface area (Å²) in [5.74, 6) is 1.62. The van der Waals surface area contributed by atoms with Gasteiger partial charge in [-0.05, 0) is 24.7 Å². The summed E-state index contributed by atoms with van der Waals surface area (Å²) < 4.78 is 0. The summed E-state index contributed by atoms with van der Waals surface area (Å²) in [6.07, 6.45) is 16.0. The van der Waals surface area contributed by atoms with E-state index in [2.05, 4.69) is 0 Å². The van der Waals surface area contributed by atoms with Crippen LogP contribution in [-0.2, 0) is 0 Å². The molecule has 0 radical (unpaired) electrons. The Labute approximate surface area is 107 Å². The Morgan fingerprint density at radius 3 is 1.35 bits per heavy atom. The lowest BCUT2D eigenvalue weighted by Gasteiger charge is -2.35. The highest BCUT2D eigenvalue weighted by Gasteiger charge is 2.29. The summed E-state index contributed by atoms with van der Waals surface area (Å²) in [7, 11) is 0. The normalized spacial score (nSPS) is 25.1. The Hall–Kier alpha value is -0.0800. The maximum Gasteiger partial charge on any atom is 0.0641 e. The van der Waals surface area contributed by atoms with Crippen LogP contribution >= 0.6 is 0 Å². The second-order valence-electron chi connectivity index (χ2n) is 6.65. The molecule has 2 aliphatic carbocycles. The van der Waals surface area contributed by atoms with Crippen LogP contribution in [0.4, 0.5) is 0 Å². The van der Waals surface area contributed by atoms with Gasteiger partial charge in [-0.3, -0.25) is 0 Å². The summed E-state index contributed by atoms with van der Waals surface area (Å²) in [6, 6.07) is 0. The molecule has 100 valence electrons. The Kier molecular flexibility index (Phi) is 4.87. The van der Waals surface area contributed by atoms with Crippen molar-refractivity contribution < 1.29 is 0 Å². The molecule has 2 nitrogen and oxygen atoms in total. The average Bonchev–Trinajstić information content (AvgIpc) is 2.30. The molecule has 2 fully saturated rings. The van der Waals surface area contributed by atoms with Gasteiger partial charge in [-0.2, -0.15) is 0 Å². The van der Waals surface area contributed by atoms with Crippen LogP contribution in [0.15, 0.2) is 0 Å². The fourth-order valence-electron chi connectivity index (χ4n) is 3.94. The van der Waals surface area contributed by atoms with Gasteiger partial charge >= 0.3 is 0 Å². The molecule has 0 amide bonds. The predicted octanol–water partition coefficient (Wildman–Crippen LogP) is 3.54. The standard InChI is InChI=1S/C15H30N2/c16-15(17,11-13-7-3-1-4-8-13)12-14-9-5-2-6-10-14/h13-14H,1-12,16-17H2. The first-order valence-corrected chi connectivity index (χ1v) is 7.73. The number of rotatable bonds is 4. The van der Waals surface area contributed by atoms with Gasteiger partial charge in [0.25, 0.3) is 0 Å². The second-order valence-corrected chi connectivity index (χ2v) is 6.65. The van der Waals surface area contributed by atoms with Crippen molar-refractivity contribution in [3.8, 4) is 0 Å². The van der Waals surface area contributed by atoms with Crippen LogP contribution in [0.5, 0.6) is 0 Å². The zero-order valence-electron chi connectivity index (χ0n) is 11.3. The maximum absolute atomic E-state index is 6.36. The van der Waals surface area contributed by atoms with Crippen molar-refractivity contribution in [1.29, 1.82) is 0 Å². The topological polar surface area (TPSA) is 52.0 Å². The molecule has 4 N–H and O–H groups in total. The van der Waals surface area contributed by atoms with E-state index >= 15 is 0 Å². The summed E-state index contributed by atoms with van der Waals surface area (Å²) >= 11 is 0. The van der Waals surface area contributed by atoms with Crippen LogP contribution in [0, 0.1) is 11.8 Å². The first kappa shape index (κ1) is 13.4. The maximum atomic E-state index is 6.36. The fourth-order valence-corrected chi connectivity index (χ4v) is 3.94. The molecule has 2 aliphatic rings. The molecule has 0 aliphatic heterocycles. The molecular formula is C15H30N2. The minimum atomic E-state index is -0.385. The van der Waals surface area contributed by atoms with Gasteiger partial charge < -0.3 is 11.5 Å². The van der Waals surface area contributed by atoms with Gasteiger partial charge in [-0.25, -0.2) is 0 Å². The third-order valence-corrected chi connectivity index (χ3v) is 4.79. The van der Waals surface area contributed by atoms with Crippen LogP contribution in [0.3, 0.4) is 0 Å². The van der Waals surface area contributed by atoms with Crippen molar-refractivity contribution in [2.45, 2.75) is 82.7 Å². The minimum absolute atomic E-state index is 0.385. The highest BCUT2D eigenvalue weighted by molar-refractivity contribution is 4.85. The molecule has 17 heavy (non-hydrogen) atoms. The Balaban J connectivity index is 1.75. The molecule has 2 heteroatoms. The van der Waals surface area contributed by atoms with E-state index in [0.717, 1.165) is 24.7 Å². The molecular weight excluding hydrogens is 208 g/mol. The van der Waals surface area contributed by atoms with Crippen LogP contribution in [0.2, 0.25) is 0 Å². The summed E-state index contributed by atoms with van der Waals surface area (Å²) in [4.78, 5) is 0. The number of nitrogens with two attached hydrogens (primary N) is 2. The molecule has 0 aromatic rings. The largest absolute Gasteiger partial charge is 0.313 e. The number of hydrogen-bond donors (Lipinski definition) is 2. The van der Waals surface area contributed by atoms with Gasteiger partial charge in [0.05, 0.1) is 5.66 Å². The van der Waals surface area contributed by atoms with Gasteiger partial charge in [-0.15, -0.1) is 0 Å². The van der Waals surface area contributed by atoms with Crippen molar-refractivity contribution in [3.05, 3.63) is 0 Å². The third-order valence-electron chi connectivity index (χ3n) is 4.79. The smallest absolute Gasteiger partial charge is 0.0641 e. The quantitative estimate of drug-likeness (QED) is 0.736. The zero-order valence-corrected chi connectivity index (χ0v) is 11.3. The molecule has 0 bridgehead atoms. The second kappa shape index (κ2) is 6.19. The molecule has 2 saturated carbocycles. The van der Waals surface area contributed by atoms with E-state index < -0.39 is 0 Å². The van der Waals surface area contributed by atoms with Gasteiger partial charge in [0.1, 0.15) is 0 Å². The van der Waals surface area contributed by atoms with Crippen LogP contribution in [0.25, 0.3) is 0 Å². The molecule has 0 unspecified atom stereocenters. The molecule has 0 heterocycles. The predicted molar refractivity (Wildman–Crippen MR) is 73.5 cm³/mol. The lowest BCUT2D eigenvalue weighted by Crippen LogP contribution is -2.52. The molecule has 0 aromatic carbocycles. The van der Waals surface area contributed by atoms with Crippen molar-refractivity contribution in [3.63, 3.8) is 0 Å². The molecule has 2 rings (SSSR count). The average molecular weight is 238 g/mol. The lowest BCUT2D eigenvalue weighted by molar-refractivity contribution is 0.204. The van der Waals surface area contributed by atoms with Crippen molar-refractivity contribution in [2.75, 3.05) is 0 Å². The molecule has 0 aromatic heterocycles. The lowest BCUT2D eigenvalue weighted by atomic mass is 9.77. The van der Waals surface area contributed by atoms with Crippen LogP contribution in [-0.4, -0.2) is 5.66 Å². The van der Waals surface area contributed by atoms with Crippen molar-refractivity contribution in [2.24, 2.45) is 23.3 Å². The molecule has 0 saturated heterocycles. The minimum Gasteiger partial charge on any atom is -0.313 e. The van der Waals surface area contributed by atoms with E-state index in [1.165, 1.54) is 64.2 Å². The zero-order chi connectivity index (χ0) is 12.1. The third kappa shape index (κ3) is 4.59. The van der Waals surface area contributed by atoms with Crippen molar-refractivity contribution in [1.82, 2.24) is 0 Å². The van der Waals surface area contributed by atoms with E-state index in [1.54, 1.807) is 0 Å². The van der Waals surface area contributed by atoms with E-state index in [0.29, 0.717) is 0 Å². The first-order chi connectivity index (χ1) is 8.16. The number of hydrogen-bond acceptors (Lipinski definition) is 2. The van der Waals surface area contributed by atoms with E-state index in [9.17, 15) is 0 Å². The molecule has 0 spiro atoms. The fraction of sp³-hybridized carbons (Fsp3) is 1.00. The summed E-state index contributed by atoms with van der Waals surface area (Å²) in [6.45, 7) is 0. The first-order valence-electron chi connectivity index (χ1n) is 7.73. The monoisotopic (exact) mass is 238 g/mol. The van der Waals surface area contributed by atoms with Gasteiger partial charge in [-0.1, -0.05) is 64.2 Å². The van der Waals surface area contributed by atoms with Crippen LogP contribution in [0.1, 0.15) is 77.0 Å². The van der Waals surface area contributed by atoms with Crippen LogP contribution < -0.4 is 11.5 Å². The van der Waals surface area contributed by atoms with Gasteiger partial charge in [0.15, 0.2) is 0 Å². The Bertz CT molecular complexity index is 191. The Morgan fingerprint density at radius 1 is 0.647 bits per heavy atom. The van der Waals surface area contributed by atoms with Crippen molar-refractivity contribution >= 4 is 0 Å². The summed E-state index contributed by atoms with van der Waals surface area (Å²) in [5, 5.41) is 0. The van der Waals surface area contributed by atoms with E-state index in [-0.39, 0.29) is 5.66 Å². The van der Waals surface area contributed by atoms with Gasteiger partial charge in [0, 0.05) is 0 Å². The SMILES string of the molecule is NC(N)(CC1CCCCC1)CC1CCCCC1.